The van der Waals surface area contributed by atoms with Gasteiger partial charge in [0.25, 0.3) is 0 Å². The number of hydrogen-bond acceptors (Lipinski definition) is 4. The summed E-state index contributed by atoms with van der Waals surface area (Å²) in [5, 5.41) is 0. The van der Waals surface area contributed by atoms with Gasteiger partial charge in [-0.2, -0.15) is 0 Å². The van der Waals surface area contributed by atoms with Gasteiger partial charge in [-0.3, -0.25) is 9.59 Å². The second kappa shape index (κ2) is 5.76. The lowest BCUT2D eigenvalue weighted by Gasteiger charge is -2.23. The van der Waals surface area contributed by atoms with Crippen LogP contribution in [-0.2, 0) is 9.59 Å². The maximum atomic E-state index is 12.5. The van der Waals surface area contributed by atoms with Crippen LogP contribution in [0.25, 0.3) is 0 Å². The van der Waals surface area contributed by atoms with Crippen LogP contribution in [0.1, 0.15) is 19.3 Å². The molecule has 3 aliphatic rings. The van der Waals surface area contributed by atoms with Crippen LogP contribution in [0.5, 0.6) is 11.5 Å². The Kier molecular flexibility index (Phi) is 3.59. The van der Waals surface area contributed by atoms with E-state index in [0.29, 0.717) is 37.7 Å². The highest BCUT2D eigenvalue weighted by Gasteiger charge is 2.38. The Morgan fingerprint density at radius 1 is 1.09 bits per heavy atom. The Balaban J connectivity index is 1.51. The fourth-order valence-electron chi connectivity index (χ4n) is 3.52. The Bertz CT molecular complexity index is 639. The maximum absolute atomic E-state index is 12.5. The highest BCUT2D eigenvalue weighted by molar-refractivity contribution is 6.00. The second-order valence-corrected chi connectivity index (χ2v) is 6.27. The van der Waals surface area contributed by atoms with Gasteiger partial charge in [0, 0.05) is 37.8 Å². The monoisotopic (exact) mass is 316 g/mol. The lowest BCUT2D eigenvalue weighted by atomic mass is 10.1. The van der Waals surface area contributed by atoms with Crippen LogP contribution < -0.4 is 14.4 Å². The molecule has 2 amide bonds. The van der Waals surface area contributed by atoms with Crippen LogP contribution in [0, 0.1) is 5.92 Å². The van der Waals surface area contributed by atoms with Crippen molar-refractivity contribution in [2.45, 2.75) is 19.3 Å². The number of fused-ring (bicyclic) bond motifs is 1. The van der Waals surface area contributed by atoms with E-state index in [1.54, 1.807) is 4.90 Å². The van der Waals surface area contributed by atoms with Crippen molar-refractivity contribution in [2.75, 3.05) is 37.7 Å². The molecule has 0 aliphatic carbocycles. The van der Waals surface area contributed by atoms with Crippen LogP contribution in [-0.4, -0.2) is 49.6 Å². The van der Waals surface area contributed by atoms with Crippen molar-refractivity contribution in [3.05, 3.63) is 18.2 Å². The highest BCUT2D eigenvalue weighted by atomic mass is 16.6. The van der Waals surface area contributed by atoms with Crippen molar-refractivity contribution in [1.82, 2.24) is 4.90 Å². The van der Waals surface area contributed by atoms with Gasteiger partial charge >= 0.3 is 0 Å². The van der Waals surface area contributed by atoms with Crippen LogP contribution in [0.3, 0.4) is 0 Å². The molecular formula is C17H20N2O4. The lowest BCUT2D eigenvalue weighted by Crippen LogP contribution is -2.35. The molecule has 2 saturated heterocycles. The Morgan fingerprint density at radius 2 is 1.83 bits per heavy atom. The van der Waals surface area contributed by atoms with Gasteiger partial charge in [0.05, 0.1) is 5.92 Å². The number of likely N-dealkylation sites (tertiary alicyclic amines) is 1. The number of carbonyl (C=O) groups excluding carboxylic acids is 2. The molecule has 0 radical (unpaired) electrons. The summed E-state index contributed by atoms with van der Waals surface area (Å²) in [7, 11) is 0. The standard InChI is InChI=1S/C17H20N2O4/c20-16-9-12(17(21)18-5-1-2-6-18)11-19(16)13-3-4-14-15(10-13)23-8-7-22-14/h3-4,10,12H,1-2,5-9,11H2/t12-/m0/s1. The first-order valence-corrected chi connectivity index (χ1v) is 8.21. The average molecular weight is 316 g/mol. The van der Waals surface area contributed by atoms with Gasteiger partial charge in [-0.15, -0.1) is 0 Å². The Hall–Kier alpha value is -2.24. The number of ether oxygens (including phenoxy) is 2. The minimum atomic E-state index is -0.228. The van der Waals surface area contributed by atoms with E-state index in [2.05, 4.69) is 0 Å². The predicted octanol–water partition coefficient (Wildman–Crippen LogP) is 1.43. The first-order chi connectivity index (χ1) is 11.2. The Labute approximate surface area is 134 Å². The van der Waals surface area contributed by atoms with E-state index >= 15 is 0 Å². The number of anilines is 1. The summed E-state index contributed by atoms with van der Waals surface area (Å²) < 4.78 is 11.1. The van der Waals surface area contributed by atoms with Gasteiger partial charge in [0.2, 0.25) is 11.8 Å². The second-order valence-electron chi connectivity index (χ2n) is 6.27. The van der Waals surface area contributed by atoms with Crippen LogP contribution in [0.4, 0.5) is 5.69 Å². The third-order valence-corrected chi connectivity index (χ3v) is 4.73. The van der Waals surface area contributed by atoms with E-state index < -0.39 is 0 Å². The largest absolute Gasteiger partial charge is 0.486 e. The summed E-state index contributed by atoms with van der Waals surface area (Å²) in [4.78, 5) is 28.4. The van der Waals surface area contributed by atoms with Crippen molar-refractivity contribution in [2.24, 2.45) is 5.92 Å². The fraction of sp³-hybridized carbons (Fsp3) is 0.529. The first-order valence-electron chi connectivity index (χ1n) is 8.21. The number of benzene rings is 1. The van der Waals surface area contributed by atoms with Gasteiger partial charge in [-0.05, 0) is 25.0 Å². The summed E-state index contributed by atoms with van der Waals surface area (Å²) in [6.07, 6.45) is 2.43. The molecular weight excluding hydrogens is 296 g/mol. The van der Waals surface area contributed by atoms with Crippen molar-refractivity contribution in [3.63, 3.8) is 0 Å². The quantitative estimate of drug-likeness (QED) is 0.828. The molecule has 23 heavy (non-hydrogen) atoms. The van der Waals surface area contributed by atoms with Crippen LogP contribution >= 0.6 is 0 Å². The number of carbonyl (C=O) groups is 2. The maximum Gasteiger partial charge on any atom is 0.228 e. The molecule has 0 spiro atoms. The third kappa shape index (κ3) is 2.62. The van der Waals surface area contributed by atoms with Crippen molar-refractivity contribution in [3.8, 4) is 11.5 Å². The van der Waals surface area contributed by atoms with Crippen molar-refractivity contribution >= 4 is 17.5 Å². The molecule has 122 valence electrons. The topological polar surface area (TPSA) is 59.1 Å². The average Bonchev–Trinajstić information content (AvgIpc) is 3.23. The SMILES string of the molecule is O=C([C@H]1CC(=O)N(c2ccc3c(c2)OCCO3)C1)N1CCCC1. The zero-order chi connectivity index (χ0) is 15.8. The molecule has 1 aromatic rings. The van der Waals surface area contributed by atoms with Gasteiger partial charge in [0.15, 0.2) is 11.5 Å². The lowest BCUT2D eigenvalue weighted by molar-refractivity contribution is -0.134. The number of nitrogens with zero attached hydrogens (tertiary/aromatic N) is 2. The molecule has 0 N–H and O–H groups in total. The molecule has 1 aromatic carbocycles. The summed E-state index contributed by atoms with van der Waals surface area (Å²) in [6.45, 7) is 3.16. The van der Waals surface area contributed by atoms with Gasteiger partial charge in [-0.25, -0.2) is 0 Å². The summed E-state index contributed by atoms with van der Waals surface area (Å²) in [6, 6.07) is 5.51. The molecule has 2 fully saturated rings. The minimum Gasteiger partial charge on any atom is -0.486 e. The molecule has 0 unspecified atom stereocenters. The third-order valence-electron chi connectivity index (χ3n) is 4.73. The van der Waals surface area contributed by atoms with Crippen LogP contribution in [0.15, 0.2) is 18.2 Å². The van der Waals surface area contributed by atoms with E-state index in [1.165, 1.54) is 0 Å². The molecule has 0 saturated carbocycles. The molecule has 4 rings (SSSR count). The molecule has 3 aliphatic heterocycles. The summed E-state index contributed by atoms with van der Waals surface area (Å²) in [5.41, 5.74) is 0.774. The summed E-state index contributed by atoms with van der Waals surface area (Å²) in [5.74, 6) is 1.26. The smallest absolute Gasteiger partial charge is 0.228 e. The Morgan fingerprint density at radius 3 is 2.61 bits per heavy atom. The zero-order valence-corrected chi connectivity index (χ0v) is 13.0. The fourth-order valence-corrected chi connectivity index (χ4v) is 3.52. The first kappa shape index (κ1) is 14.4. The van der Waals surface area contributed by atoms with Crippen molar-refractivity contribution in [1.29, 1.82) is 0 Å². The molecule has 0 aromatic heterocycles. The number of rotatable bonds is 2. The van der Waals surface area contributed by atoms with Gasteiger partial charge in [0.1, 0.15) is 13.2 Å². The molecule has 0 bridgehead atoms. The van der Waals surface area contributed by atoms with E-state index in [4.69, 9.17) is 9.47 Å². The molecule has 6 nitrogen and oxygen atoms in total. The summed E-state index contributed by atoms with van der Waals surface area (Å²) >= 11 is 0. The number of amides is 2. The van der Waals surface area contributed by atoms with E-state index in [-0.39, 0.29) is 17.7 Å². The van der Waals surface area contributed by atoms with E-state index in [9.17, 15) is 9.59 Å². The molecule has 1 atom stereocenters. The normalized spacial score (nSPS) is 23.5. The molecule has 3 heterocycles. The minimum absolute atomic E-state index is 0.000718. The van der Waals surface area contributed by atoms with Gasteiger partial charge in [-0.1, -0.05) is 0 Å². The van der Waals surface area contributed by atoms with Crippen molar-refractivity contribution < 1.29 is 19.1 Å². The number of hydrogen-bond donors (Lipinski definition) is 0. The highest BCUT2D eigenvalue weighted by Crippen LogP contribution is 2.36. The van der Waals surface area contributed by atoms with E-state index in [1.807, 2.05) is 23.1 Å². The van der Waals surface area contributed by atoms with Crippen LogP contribution in [0.2, 0.25) is 0 Å². The van der Waals surface area contributed by atoms with Gasteiger partial charge < -0.3 is 19.3 Å². The predicted molar refractivity (Wildman–Crippen MR) is 83.7 cm³/mol. The zero-order valence-electron chi connectivity index (χ0n) is 13.0. The van der Waals surface area contributed by atoms with E-state index in [0.717, 1.165) is 31.6 Å². The molecule has 6 heteroatoms.